The lowest BCUT2D eigenvalue weighted by molar-refractivity contribution is -0.124. The maximum Gasteiger partial charge on any atom is 0.439 e. The van der Waals surface area contributed by atoms with E-state index in [4.69, 9.17) is 9.26 Å². The van der Waals surface area contributed by atoms with Crippen molar-refractivity contribution in [3.8, 4) is 22.5 Å². The van der Waals surface area contributed by atoms with Crippen LogP contribution in [0, 0.1) is 0 Å². The predicted molar refractivity (Wildman–Crippen MR) is 160 cm³/mol. The van der Waals surface area contributed by atoms with Crippen molar-refractivity contribution in [2.24, 2.45) is 0 Å². The van der Waals surface area contributed by atoms with Crippen LogP contribution < -0.4 is 11.3 Å². The topological polar surface area (TPSA) is 137 Å². The smallest absolute Gasteiger partial charge is 0.370 e. The van der Waals surface area contributed by atoms with Gasteiger partial charge in [0.2, 0.25) is 5.78 Å². The second kappa shape index (κ2) is 12.3. The van der Waals surface area contributed by atoms with Crippen LogP contribution in [0.3, 0.4) is 0 Å². The first-order chi connectivity index (χ1) is 20.9. The van der Waals surface area contributed by atoms with Crippen LogP contribution in [0.15, 0.2) is 69.0 Å². The molecule has 0 radical (unpaired) electrons. The van der Waals surface area contributed by atoms with Gasteiger partial charge in [0.15, 0.2) is 11.6 Å². The number of benzene rings is 2. The summed E-state index contributed by atoms with van der Waals surface area (Å²) in [6.45, 7) is 3.75. The first kappa shape index (κ1) is 28.5. The summed E-state index contributed by atoms with van der Waals surface area (Å²) in [6.07, 6.45) is 6.66. The average molecular weight is 583 g/mol. The highest BCUT2D eigenvalue weighted by Crippen LogP contribution is 2.32. The molecule has 0 saturated heterocycles. The lowest BCUT2D eigenvalue weighted by atomic mass is 9.92. The summed E-state index contributed by atoms with van der Waals surface area (Å²) in [6, 6.07) is 15.7. The molecule has 3 aromatic heterocycles. The van der Waals surface area contributed by atoms with Crippen molar-refractivity contribution in [2.75, 3.05) is 6.61 Å². The Morgan fingerprint density at radius 1 is 1.05 bits per heavy atom. The Morgan fingerprint density at radius 3 is 2.47 bits per heavy atom. The van der Waals surface area contributed by atoms with Gasteiger partial charge in [-0.15, -0.1) is 0 Å². The summed E-state index contributed by atoms with van der Waals surface area (Å²) in [4.78, 5) is 44.3. The van der Waals surface area contributed by atoms with Gasteiger partial charge in [-0.05, 0) is 55.7 Å². The number of H-pyrrole nitrogens is 1. The minimum atomic E-state index is -0.604. The number of ketones is 1. The Labute approximate surface area is 247 Å². The number of carbonyl (C=O) groups is 1. The number of carbonyl (C=O) groups excluding carboxylic acids is 1. The minimum Gasteiger partial charge on any atom is -0.370 e. The number of aromatic amines is 1. The lowest BCUT2D eigenvalue weighted by Crippen LogP contribution is -2.35. The molecule has 0 aliphatic heterocycles. The van der Waals surface area contributed by atoms with Gasteiger partial charge in [0, 0.05) is 23.6 Å². The molecule has 222 valence electrons. The molecule has 43 heavy (non-hydrogen) atoms. The molecule has 0 bridgehead atoms. The zero-order valence-electron chi connectivity index (χ0n) is 24.3. The van der Waals surface area contributed by atoms with Crippen LogP contribution in [0.2, 0.25) is 0 Å². The summed E-state index contributed by atoms with van der Waals surface area (Å²) in [5.74, 6) is 0.355. The van der Waals surface area contributed by atoms with Gasteiger partial charge in [-0.25, -0.2) is 9.31 Å². The molecular weight excluding hydrogens is 548 g/mol. The summed E-state index contributed by atoms with van der Waals surface area (Å²) in [7, 11) is 0. The maximum atomic E-state index is 14.2. The molecule has 0 amide bonds. The monoisotopic (exact) mass is 582 g/mol. The molecule has 3 heterocycles. The van der Waals surface area contributed by atoms with Crippen molar-refractivity contribution >= 4 is 11.6 Å². The first-order valence-electron chi connectivity index (χ1n) is 14.7. The molecule has 1 fully saturated rings. The first-order valence-corrected chi connectivity index (χ1v) is 14.7. The van der Waals surface area contributed by atoms with Gasteiger partial charge < -0.3 is 4.74 Å². The Kier molecular flexibility index (Phi) is 8.15. The van der Waals surface area contributed by atoms with E-state index in [1.54, 1.807) is 0 Å². The highest BCUT2D eigenvalue weighted by Gasteiger charge is 2.28. The van der Waals surface area contributed by atoms with Crippen LogP contribution >= 0.6 is 0 Å². The van der Waals surface area contributed by atoms with Gasteiger partial charge in [0.25, 0.3) is 5.56 Å². The number of nitrogens with one attached hydrogen (secondary N) is 1. The molecule has 1 aliphatic rings. The number of aromatic nitrogens is 6. The number of hydrogen-bond acceptors (Lipinski definition) is 8. The van der Waals surface area contributed by atoms with Crippen LogP contribution in [0.25, 0.3) is 28.3 Å². The summed E-state index contributed by atoms with van der Waals surface area (Å²) < 4.78 is 14.1. The van der Waals surface area contributed by atoms with Crippen molar-refractivity contribution in [3.63, 3.8) is 0 Å². The van der Waals surface area contributed by atoms with Gasteiger partial charge >= 0.3 is 5.76 Å². The van der Waals surface area contributed by atoms with E-state index in [2.05, 4.69) is 27.1 Å². The summed E-state index contributed by atoms with van der Waals surface area (Å²) in [5.41, 5.74) is 5.19. The molecular formula is C32H34N6O5. The highest BCUT2D eigenvalue weighted by molar-refractivity contribution is 5.80. The molecule has 0 spiro atoms. The third kappa shape index (κ3) is 5.85. The fourth-order valence-electron chi connectivity index (χ4n) is 6.08. The van der Waals surface area contributed by atoms with Crippen molar-refractivity contribution in [1.29, 1.82) is 0 Å². The van der Waals surface area contributed by atoms with E-state index >= 15 is 0 Å². The van der Waals surface area contributed by atoms with Gasteiger partial charge in [-0.1, -0.05) is 67.0 Å². The van der Waals surface area contributed by atoms with Crippen LogP contribution in [0.1, 0.15) is 68.8 Å². The molecule has 6 rings (SSSR count). The van der Waals surface area contributed by atoms with E-state index in [1.165, 1.54) is 13.3 Å². The quantitative estimate of drug-likeness (QED) is 0.254. The van der Waals surface area contributed by atoms with Crippen molar-refractivity contribution in [3.05, 3.63) is 92.6 Å². The van der Waals surface area contributed by atoms with E-state index in [-0.39, 0.29) is 30.1 Å². The number of aryl methyl sites for hydroxylation is 1. The van der Waals surface area contributed by atoms with Crippen LogP contribution in [-0.2, 0) is 22.4 Å². The van der Waals surface area contributed by atoms with Crippen LogP contribution in [0.4, 0.5) is 0 Å². The van der Waals surface area contributed by atoms with E-state index < -0.39 is 5.76 Å². The molecule has 2 aromatic carbocycles. The average Bonchev–Trinajstić information content (AvgIpc) is 3.68. The molecule has 11 heteroatoms. The van der Waals surface area contributed by atoms with Crippen LogP contribution in [0.5, 0.6) is 0 Å². The summed E-state index contributed by atoms with van der Waals surface area (Å²) >= 11 is 0. The Balaban J connectivity index is 1.32. The third-order valence-corrected chi connectivity index (χ3v) is 8.11. The number of rotatable bonds is 10. The van der Waals surface area contributed by atoms with Crippen molar-refractivity contribution in [1.82, 2.24) is 29.3 Å². The predicted octanol–water partition coefficient (Wildman–Crippen LogP) is 4.53. The molecule has 0 unspecified atom stereocenters. The molecule has 0 atom stereocenters. The SMILES string of the molecule is CCCc1c(Cc2ccc(-c3ccccc3-c3noc(=O)[nH]3)cc2)c(=O)n(C2CCC(OCC(C)=O)CC2)c2ncnn12. The lowest BCUT2D eigenvalue weighted by Gasteiger charge is -2.30. The van der Waals surface area contributed by atoms with Gasteiger partial charge in [-0.3, -0.25) is 23.7 Å². The normalized spacial score (nSPS) is 17.0. The van der Waals surface area contributed by atoms with Crippen molar-refractivity contribution < 1.29 is 14.1 Å². The number of hydrogen-bond donors (Lipinski definition) is 1. The molecule has 1 N–H and O–H groups in total. The Morgan fingerprint density at radius 2 is 1.79 bits per heavy atom. The van der Waals surface area contributed by atoms with Gasteiger partial charge in [0.05, 0.1) is 11.8 Å². The second-order valence-corrected chi connectivity index (χ2v) is 11.1. The molecule has 1 saturated carbocycles. The van der Waals surface area contributed by atoms with Gasteiger partial charge in [-0.2, -0.15) is 10.1 Å². The molecule has 5 aromatic rings. The highest BCUT2D eigenvalue weighted by atomic mass is 16.5. The van der Waals surface area contributed by atoms with E-state index in [0.717, 1.165) is 65.6 Å². The largest absolute Gasteiger partial charge is 0.439 e. The number of nitrogens with zero attached hydrogens (tertiary/aromatic N) is 5. The standard InChI is InChI=1S/C32H34N6O5/c1-3-6-28-27(17-21-9-11-22(12-10-21)25-7-4-5-8-26(25)29-35-32(41)43-36-29)30(40)37(31-33-19-34-38(28)31)23-13-15-24(16-14-23)42-18-20(2)39/h4-5,7-12,19,23-24H,3,6,13-18H2,1-2H3,(H,35,36,41). The van der Waals surface area contributed by atoms with E-state index in [0.29, 0.717) is 24.4 Å². The van der Waals surface area contributed by atoms with Crippen LogP contribution in [-0.4, -0.2) is 47.8 Å². The van der Waals surface area contributed by atoms with Crippen molar-refractivity contribution in [2.45, 2.75) is 70.9 Å². The Hall–Kier alpha value is -4.64. The fraction of sp³-hybridized carbons (Fsp3) is 0.375. The Bertz CT molecular complexity index is 1860. The summed E-state index contributed by atoms with van der Waals surface area (Å²) in [5, 5.41) is 8.39. The van der Waals surface area contributed by atoms with E-state index in [9.17, 15) is 14.4 Å². The maximum absolute atomic E-state index is 14.2. The number of fused-ring (bicyclic) bond motifs is 1. The zero-order chi connectivity index (χ0) is 29.9. The zero-order valence-corrected chi connectivity index (χ0v) is 24.3. The third-order valence-electron chi connectivity index (χ3n) is 8.11. The fourth-order valence-corrected chi connectivity index (χ4v) is 6.08. The van der Waals surface area contributed by atoms with E-state index in [1.807, 2.05) is 57.6 Å². The van der Waals surface area contributed by atoms with Gasteiger partial charge in [0.1, 0.15) is 12.9 Å². The molecule has 1 aliphatic carbocycles. The minimum absolute atomic E-state index is 0.0169. The number of ether oxygens (including phenoxy) is 1. The second-order valence-electron chi connectivity index (χ2n) is 11.1. The number of Topliss-reactive ketones (excluding diaryl/α,β-unsaturated/α-hetero) is 1. The molecule has 11 nitrogen and oxygen atoms in total.